The summed E-state index contributed by atoms with van der Waals surface area (Å²) < 4.78 is 32.9. The van der Waals surface area contributed by atoms with Gasteiger partial charge in [-0.05, 0) is 52.9 Å². The Hall–Kier alpha value is -2.85. The van der Waals surface area contributed by atoms with Gasteiger partial charge in [-0.3, -0.25) is 0 Å². The summed E-state index contributed by atoms with van der Waals surface area (Å²) in [7, 11) is 0. The first-order valence-corrected chi connectivity index (χ1v) is 10.7. The fraction of sp³-hybridized carbons (Fsp3) is 0.130. The SMILES string of the molecule is OC(Cn1cncn1)(Cn1c2ccccc2c2cc(I)ccc21)c1ccc(F)cc1F. The minimum atomic E-state index is -1.71. The van der Waals surface area contributed by atoms with Crippen LogP contribution in [0.1, 0.15) is 5.56 Å². The number of aliphatic hydroxyl groups is 1. The van der Waals surface area contributed by atoms with Crippen LogP contribution in [-0.4, -0.2) is 24.4 Å². The fourth-order valence-electron chi connectivity index (χ4n) is 4.13. The van der Waals surface area contributed by atoms with E-state index in [0.717, 1.165) is 37.5 Å². The van der Waals surface area contributed by atoms with Crippen molar-refractivity contribution in [2.45, 2.75) is 18.7 Å². The van der Waals surface area contributed by atoms with Crippen molar-refractivity contribution in [3.05, 3.63) is 94.1 Å². The molecule has 0 aliphatic rings. The molecule has 5 nitrogen and oxygen atoms in total. The molecule has 0 saturated carbocycles. The summed E-state index contributed by atoms with van der Waals surface area (Å²) in [6.45, 7) is -0.00601. The van der Waals surface area contributed by atoms with Crippen molar-refractivity contribution in [2.24, 2.45) is 0 Å². The van der Waals surface area contributed by atoms with Crippen LogP contribution in [0.4, 0.5) is 8.78 Å². The van der Waals surface area contributed by atoms with Crippen molar-refractivity contribution < 1.29 is 13.9 Å². The minimum absolute atomic E-state index is 0.000780. The van der Waals surface area contributed by atoms with Gasteiger partial charge >= 0.3 is 0 Å². The molecule has 2 aromatic heterocycles. The number of halogens is 3. The van der Waals surface area contributed by atoms with Crippen LogP contribution in [-0.2, 0) is 18.7 Å². The van der Waals surface area contributed by atoms with Gasteiger partial charge in [0, 0.05) is 37.0 Å². The van der Waals surface area contributed by atoms with Crippen LogP contribution in [0, 0.1) is 15.2 Å². The Morgan fingerprint density at radius 1 is 0.935 bits per heavy atom. The van der Waals surface area contributed by atoms with E-state index in [1.54, 1.807) is 0 Å². The zero-order valence-corrected chi connectivity index (χ0v) is 18.4. The molecule has 0 aliphatic heterocycles. The lowest BCUT2D eigenvalue weighted by molar-refractivity contribution is -0.00340. The van der Waals surface area contributed by atoms with Crippen LogP contribution < -0.4 is 0 Å². The van der Waals surface area contributed by atoms with E-state index in [4.69, 9.17) is 0 Å². The average Bonchev–Trinajstić information content (AvgIpc) is 3.34. The smallest absolute Gasteiger partial charge is 0.137 e. The third kappa shape index (κ3) is 3.59. The summed E-state index contributed by atoms with van der Waals surface area (Å²) in [6.07, 6.45) is 2.81. The van der Waals surface area contributed by atoms with Gasteiger partial charge in [-0.1, -0.05) is 24.3 Å². The molecule has 0 saturated heterocycles. The van der Waals surface area contributed by atoms with Gasteiger partial charge in [-0.2, -0.15) is 5.10 Å². The van der Waals surface area contributed by atoms with Crippen molar-refractivity contribution in [1.29, 1.82) is 0 Å². The Morgan fingerprint density at radius 2 is 1.74 bits per heavy atom. The second-order valence-electron chi connectivity index (χ2n) is 7.51. The molecule has 0 aliphatic carbocycles. The van der Waals surface area contributed by atoms with E-state index in [1.165, 1.54) is 23.4 Å². The van der Waals surface area contributed by atoms with Crippen molar-refractivity contribution in [3.63, 3.8) is 0 Å². The van der Waals surface area contributed by atoms with Gasteiger partial charge in [-0.15, -0.1) is 0 Å². The monoisotopic (exact) mass is 530 g/mol. The average molecular weight is 530 g/mol. The van der Waals surface area contributed by atoms with Crippen molar-refractivity contribution in [3.8, 4) is 0 Å². The van der Waals surface area contributed by atoms with Crippen LogP contribution in [0.15, 0.2) is 73.3 Å². The number of nitrogens with zero attached hydrogens (tertiary/aromatic N) is 4. The molecule has 0 radical (unpaired) electrons. The molecule has 0 amide bonds. The van der Waals surface area contributed by atoms with Gasteiger partial charge in [0.25, 0.3) is 0 Å². The van der Waals surface area contributed by atoms with E-state index in [-0.39, 0.29) is 18.7 Å². The Labute approximate surface area is 190 Å². The summed E-state index contributed by atoms with van der Waals surface area (Å²) in [4.78, 5) is 3.92. The molecule has 8 heteroatoms. The second kappa shape index (κ2) is 7.69. The second-order valence-corrected chi connectivity index (χ2v) is 8.76. The van der Waals surface area contributed by atoms with Crippen LogP contribution >= 0.6 is 22.6 Å². The molecule has 5 rings (SSSR count). The Bertz CT molecular complexity index is 1400. The molecule has 156 valence electrons. The number of para-hydroxylation sites is 1. The molecule has 5 aromatic rings. The van der Waals surface area contributed by atoms with E-state index in [0.29, 0.717) is 0 Å². The number of hydrogen-bond donors (Lipinski definition) is 1. The lowest BCUT2D eigenvalue weighted by Gasteiger charge is -2.30. The van der Waals surface area contributed by atoms with Gasteiger partial charge in [0.2, 0.25) is 0 Å². The lowest BCUT2D eigenvalue weighted by Crippen LogP contribution is -2.37. The van der Waals surface area contributed by atoms with Crippen molar-refractivity contribution >= 4 is 44.4 Å². The number of hydrogen-bond acceptors (Lipinski definition) is 3. The number of benzene rings is 3. The highest BCUT2D eigenvalue weighted by molar-refractivity contribution is 14.1. The minimum Gasteiger partial charge on any atom is -0.381 e. The zero-order valence-electron chi connectivity index (χ0n) is 16.2. The highest BCUT2D eigenvalue weighted by Gasteiger charge is 2.35. The Kier molecular flexibility index (Phi) is 4.98. The van der Waals surface area contributed by atoms with E-state index in [1.807, 2.05) is 41.0 Å². The third-order valence-corrected chi connectivity index (χ3v) is 6.15. The van der Waals surface area contributed by atoms with Crippen LogP contribution in [0.25, 0.3) is 21.8 Å². The maximum Gasteiger partial charge on any atom is 0.137 e. The van der Waals surface area contributed by atoms with E-state index in [2.05, 4.69) is 38.7 Å². The van der Waals surface area contributed by atoms with Gasteiger partial charge in [0.15, 0.2) is 0 Å². The van der Waals surface area contributed by atoms with E-state index in [9.17, 15) is 13.9 Å². The largest absolute Gasteiger partial charge is 0.381 e. The van der Waals surface area contributed by atoms with Crippen LogP contribution in [0.2, 0.25) is 0 Å². The summed E-state index contributed by atoms with van der Waals surface area (Å²) in [5, 5.41) is 18.0. The van der Waals surface area contributed by atoms with Crippen LogP contribution in [0.5, 0.6) is 0 Å². The van der Waals surface area contributed by atoms with Crippen molar-refractivity contribution in [1.82, 2.24) is 19.3 Å². The Balaban J connectivity index is 1.72. The molecule has 31 heavy (non-hydrogen) atoms. The molecule has 0 fully saturated rings. The van der Waals surface area contributed by atoms with Crippen LogP contribution in [0.3, 0.4) is 0 Å². The first-order valence-electron chi connectivity index (χ1n) is 9.61. The molecular weight excluding hydrogens is 513 g/mol. The molecule has 3 aromatic carbocycles. The predicted molar refractivity (Wildman–Crippen MR) is 122 cm³/mol. The normalized spacial score (nSPS) is 13.7. The summed E-state index contributed by atoms with van der Waals surface area (Å²) in [5.41, 5.74) is 0.129. The molecule has 2 heterocycles. The molecule has 1 unspecified atom stereocenters. The number of fused-ring (bicyclic) bond motifs is 3. The predicted octanol–water partition coefficient (Wildman–Crippen LogP) is 4.86. The Morgan fingerprint density at radius 3 is 2.52 bits per heavy atom. The van der Waals surface area contributed by atoms with E-state index < -0.39 is 17.2 Å². The topological polar surface area (TPSA) is 55.9 Å². The molecule has 0 spiro atoms. The first kappa shape index (κ1) is 20.1. The lowest BCUT2D eigenvalue weighted by atomic mass is 9.92. The van der Waals surface area contributed by atoms with Gasteiger partial charge < -0.3 is 9.67 Å². The zero-order chi connectivity index (χ0) is 21.6. The number of rotatable bonds is 5. The molecule has 1 N–H and O–H groups in total. The maximum atomic E-state index is 14.8. The first-order chi connectivity index (χ1) is 14.9. The molecule has 1 atom stereocenters. The van der Waals surface area contributed by atoms with Gasteiger partial charge in [0.05, 0.1) is 13.1 Å². The summed E-state index contributed by atoms with van der Waals surface area (Å²) >= 11 is 2.27. The van der Waals surface area contributed by atoms with E-state index >= 15 is 0 Å². The highest BCUT2D eigenvalue weighted by Crippen LogP contribution is 2.35. The number of aromatic nitrogens is 4. The third-order valence-electron chi connectivity index (χ3n) is 5.48. The fourth-order valence-corrected chi connectivity index (χ4v) is 4.62. The standard InChI is InChI=1S/C23H17F2IN4O/c24-15-5-7-19(20(25)9-15)23(31,11-29-14-27-13-28-29)12-30-21-4-2-1-3-17(21)18-10-16(26)6-8-22(18)30/h1-10,13-14,31H,11-12H2. The van der Waals surface area contributed by atoms with Gasteiger partial charge in [0.1, 0.15) is 29.9 Å². The van der Waals surface area contributed by atoms with Crippen molar-refractivity contribution in [2.75, 3.05) is 0 Å². The summed E-state index contributed by atoms with van der Waals surface area (Å²) in [6, 6.07) is 17.2. The molecular formula is C23H17F2IN4O. The van der Waals surface area contributed by atoms with Gasteiger partial charge in [-0.25, -0.2) is 18.4 Å². The maximum absolute atomic E-state index is 14.8. The quantitative estimate of drug-likeness (QED) is 0.331. The molecule has 0 bridgehead atoms. The summed E-state index contributed by atoms with van der Waals surface area (Å²) in [5.74, 6) is -1.51. The highest BCUT2D eigenvalue weighted by atomic mass is 127.